The van der Waals surface area contributed by atoms with Crippen molar-refractivity contribution < 1.29 is 9.59 Å². The summed E-state index contributed by atoms with van der Waals surface area (Å²) in [6.07, 6.45) is 2.89. The number of nitrogens with zero attached hydrogens (tertiary/aromatic N) is 2. The van der Waals surface area contributed by atoms with Gasteiger partial charge in [0.15, 0.2) is 0 Å². The molecule has 0 radical (unpaired) electrons. The second kappa shape index (κ2) is 7.65. The molecule has 0 unspecified atom stereocenters. The monoisotopic (exact) mass is 340 g/mol. The first-order valence-electron chi connectivity index (χ1n) is 7.15. The van der Waals surface area contributed by atoms with Crippen LogP contribution in [0.5, 0.6) is 0 Å². The zero-order chi connectivity index (χ0) is 16.1. The fourth-order valence-corrected chi connectivity index (χ4v) is 2.93. The quantitative estimate of drug-likeness (QED) is 0.789. The number of rotatable bonds is 4. The molecule has 1 heterocycles. The van der Waals surface area contributed by atoms with Gasteiger partial charge in [-0.3, -0.25) is 9.59 Å². The lowest BCUT2D eigenvalue weighted by atomic mass is 10.1. The Morgan fingerprint density at radius 3 is 2.14 bits per heavy atom. The highest BCUT2D eigenvalue weighted by molar-refractivity contribution is 6.35. The van der Waals surface area contributed by atoms with Crippen molar-refractivity contribution in [1.82, 2.24) is 9.80 Å². The largest absolute Gasteiger partial charge is 0.339 e. The van der Waals surface area contributed by atoms with Gasteiger partial charge in [-0.15, -0.1) is 6.58 Å². The Bertz CT molecular complexity index is 561. The topological polar surface area (TPSA) is 40.6 Å². The van der Waals surface area contributed by atoms with E-state index in [0.29, 0.717) is 54.6 Å². The van der Waals surface area contributed by atoms with E-state index in [1.165, 1.54) is 0 Å². The van der Waals surface area contributed by atoms with Crippen LogP contribution in [0.3, 0.4) is 0 Å². The number of carbonyl (C=O) groups is 2. The fraction of sp³-hybridized carbons (Fsp3) is 0.375. The highest BCUT2D eigenvalue weighted by Gasteiger charge is 2.24. The molecule has 1 aliphatic heterocycles. The SMILES string of the molecule is C=CCCC(=O)N1CCN(C(=O)c2cc(Cl)cc(Cl)c2)CC1. The van der Waals surface area contributed by atoms with Gasteiger partial charge in [0.25, 0.3) is 5.91 Å². The fourth-order valence-electron chi connectivity index (χ4n) is 2.40. The van der Waals surface area contributed by atoms with Crippen LogP contribution in [0.4, 0.5) is 0 Å². The van der Waals surface area contributed by atoms with Crippen LogP contribution in [-0.2, 0) is 4.79 Å². The van der Waals surface area contributed by atoms with Crippen molar-refractivity contribution in [1.29, 1.82) is 0 Å². The number of benzene rings is 1. The number of piperazine rings is 1. The standard InChI is InChI=1S/C16H18Cl2N2O2/c1-2-3-4-15(21)19-5-7-20(8-6-19)16(22)12-9-13(17)11-14(18)10-12/h2,9-11H,1,3-8H2. The van der Waals surface area contributed by atoms with E-state index in [4.69, 9.17) is 23.2 Å². The highest BCUT2D eigenvalue weighted by atomic mass is 35.5. The van der Waals surface area contributed by atoms with E-state index in [1.807, 2.05) is 0 Å². The summed E-state index contributed by atoms with van der Waals surface area (Å²) >= 11 is 11.9. The second-order valence-corrected chi connectivity index (χ2v) is 6.03. The molecule has 0 atom stereocenters. The van der Waals surface area contributed by atoms with Gasteiger partial charge in [-0.1, -0.05) is 29.3 Å². The Kier molecular flexibility index (Phi) is 5.86. The van der Waals surface area contributed by atoms with Crippen LogP contribution in [0.15, 0.2) is 30.9 Å². The van der Waals surface area contributed by atoms with Gasteiger partial charge in [0.2, 0.25) is 5.91 Å². The summed E-state index contributed by atoms with van der Waals surface area (Å²) in [6, 6.07) is 4.81. The molecule has 0 aliphatic carbocycles. The van der Waals surface area contributed by atoms with Gasteiger partial charge in [0.05, 0.1) is 0 Å². The summed E-state index contributed by atoms with van der Waals surface area (Å²) in [6.45, 7) is 5.75. The van der Waals surface area contributed by atoms with Crippen LogP contribution in [0.1, 0.15) is 23.2 Å². The summed E-state index contributed by atoms with van der Waals surface area (Å²) in [4.78, 5) is 27.9. The summed E-state index contributed by atoms with van der Waals surface area (Å²) in [5, 5.41) is 0.878. The van der Waals surface area contributed by atoms with Gasteiger partial charge in [-0.2, -0.15) is 0 Å². The summed E-state index contributed by atoms with van der Waals surface area (Å²) in [5.74, 6) is 0.000361. The van der Waals surface area contributed by atoms with Crippen LogP contribution >= 0.6 is 23.2 Å². The number of hydrogen-bond acceptors (Lipinski definition) is 2. The van der Waals surface area contributed by atoms with Gasteiger partial charge in [-0.05, 0) is 24.6 Å². The third-order valence-corrected chi connectivity index (χ3v) is 4.03. The van der Waals surface area contributed by atoms with Gasteiger partial charge < -0.3 is 9.80 Å². The van der Waals surface area contributed by atoms with E-state index in [-0.39, 0.29) is 11.8 Å². The van der Waals surface area contributed by atoms with Crippen molar-refractivity contribution >= 4 is 35.0 Å². The molecule has 0 saturated carbocycles. The molecule has 2 rings (SSSR count). The van der Waals surface area contributed by atoms with Gasteiger partial charge in [0.1, 0.15) is 0 Å². The molecule has 22 heavy (non-hydrogen) atoms. The Morgan fingerprint density at radius 1 is 1.05 bits per heavy atom. The number of halogens is 2. The third kappa shape index (κ3) is 4.24. The van der Waals surface area contributed by atoms with Crippen LogP contribution in [0, 0.1) is 0 Å². The number of carbonyl (C=O) groups excluding carboxylic acids is 2. The zero-order valence-corrected chi connectivity index (χ0v) is 13.7. The summed E-state index contributed by atoms with van der Waals surface area (Å²) in [7, 11) is 0. The van der Waals surface area contributed by atoms with Crippen LogP contribution in [0.25, 0.3) is 0 Å². The lowest BCUT2D eigenvalue weighted by Crippen LogP contribution is -2.50. The lowest BCUT2D eigenvalue weighted by Gasteiger charge is -2.35. The average molecular weight is 341 g/mol. The second-order valence-electron chi connectivity index (χ2n) is 5.16. The number of allylic oxidation sites excluding steroid dienone is 1. The predicted octanol–water partition coefficient (Wildman–Crippen LogP) is 3.24. The smallest absolute Gasteiger partial charge is 0.254 e. The minimum Gasteiger partial charge on any atom is -0.339 e. The zero-order valence-electron chi connectivity index (χ0n) is 12.2. The third-order valence-electron chi connectivity index (χ3n) is 3.59. The molecule has 0 spiro atoms. The Balaban J connectivity index is 1.95. The Labute approximate surface area is 140 Å². The number of amides is 2. The predicted molar refractivity (Wildman–Crippen MR) is 88.4 cm³/mol. The minimum atomic E-state index is -0.109. The first kappa shape index (κ1) is 16.8. The number of hydrogen-bond donors (Lipinski definition) is 0. The maximum Gasteiger partial charge on any atom is 0.254 e. The average Bonchev–Trinajstić information content (AvgIpc) is 2.51. The molecular formula is C16H18Cl2N2O2. The molecule has 0 bridgehead atoms. The van der Waals surface area contributed by atoms with E-state index in [9.17, 15) is 9.59 Å². The molecule has 2 amide bonds. The van der Waals surface area contributed by atoms with Crippen molar-refractivity contribution in [2.75, 3.05) is 26.2 Å². The maximum absolute atomic E-state index is 12.4. The molecule has 6 heteroatoms. The molecule has 118 valence electrons. The van der Waals surface area contributed by atoms with E-state index < -0.39 is 0 Å². The van der Waals surface area contributed by atoms with Crippen molar-refractivity contribution in [3.8, 4) is 0 Å². The molecule has 4 nitrogen and oxygen atoms in total. The van der Waals surface area contributed by atoms with E-state index in [0.717, 1.165) is 0 Å². The van der Waals surface area contributed by atoms with Crippen LogP contribution in [-0.4, -0.2) is 47.8 Å². The molecule has 1 saturated heterocycles. The van der Waals surface area contributed by atoms with E-state index >= 15 is 0 Å². The molecule has 1 aromatic carbocycles. The summed E-state index contributed by atoms with van der Waals surface area (Å²) in [5.41, 5.74) is 0.476. The van der Waals surface area contributed by atoms with Crippen LogP contribution in [0.2, 0.25) is 10.0 Å². The van der Waals surface area contributed by atoms with Crippen molar-refractivity contribution in [2.45, 2.75) is 12.8 Å². The molecule has 1 aliphatic rings. The molecule has 0 aromatic heterocycles. The van der Waals surface area contributed by atoms with Crippen molar-refractivity contribution in [3.05, 3.63) is 46.5 Å². The molecular weight excluding hydrogens is 323 g/mol. The minimum absolute atomic E-state index is 0.109. The highest BCUT2D eigenvalue weighted by Crippen LogP contribution is 2.20. The van der Waals surface area contributed by atoms with Crippen molar-refractivity contribution in [2.24, 2.45) is 0 Å². The van der Waals surface area contributed by atoms with E-state index in [1.54, 1.807) is 34.1 Å². The first-order valence-corrected chi connectivity index (χ1v) is 7.91. The Morgan fingerprint density at radius 2 is 1.59 bits per heavy atom. The summed E-state index contributed by atoms with van der Waals surface area (Å²) < 4.78 is 0. The van der Waals surface area contributed by atoms with E-state index in [2.05, 4.69) is 6.58 Å². The van der Waals surface area contributed by atoms with Crippen LogP contribution < -0.4 is 0 Å². The van der Waals surface area contributed by atoms with Gasteiger partial charge in [0, 0.05) is 48.2 Å². The van der Waals surface area contributed by atoms with Crippen molar-refractivity contribution in [3.63, 3.8) is 0 Å². The lowest BCUT2D eigenvalue weighted by molar-refractivity contribution is -0.132. The normalized spacial score (nSPS) is 14.8. The first-order chi connectivity index (χ1) is 10.5. The molecule has 0 N–H and O–H groups in total. The van der Waals surface area contributed by atoms with Gasteiger partial charge >= 0.3 is 0 Å². The molecule has 1 fully saturated rings. The Hall–Kier alpha value is -1.52. The maximum atomic E-state index is 12.4. The van der Waals surface area contributed by atoms with Gasteiger partial charge in [-0.25, -0.2) is 0 Å². The molecule has 1 aromatic rings.